The van der Waals surface area contributed by atoms with Crippen molar-refractivity contribution in [3.8, 4) is 17.0 Å². The Morgan fingerprint density at radius 1 is 1.06 bits per heavy atom. The number of nitrogens with zero attached hydrogens (tertiary/aromatic N) is 1. The summed E-state index contributed by atoms with van der Waals surface area (Å²) in [6.45, 7) is 1.95. The van der Waals surface area contributed by atoms with Gasteiger partial charge in [0.1, 0.15) is 5.75 Å². The summed E-state index contributed by atoms with van der Waals surface area (Å²) in [5.41, 5.74) is 8.51. The third kappa shape index (κ3) is 2.64. The van der Waals surface area contributed by atoms with Gasteiger partial charge in [-0.25, -0.2) is 0 Å². The van der Waals surface area contributed by atoms with Gasteiger partial charge >= 0.3 is 0 Å². The molecule has 3 N–H and O–H groups in total. The second-order valence-corrected chi connectivity index (χ2v) is 9.38. The Kier molecular flexibility index (Phi) is 3.82. The number of nitrogens with one attached hydrogen (secondary N) is 3. The van der Waals surface area contributed by atoms with Crippen molar-refractivity contribution in [1.29, 1.82) is 0 Å². The highest BCUT2D eigenvalue weighted by atomic mass is 16.5. The van der Waals surface area contributed by atoms with Crippen LogP contribution >= 0.6 is 0 Å². The topological polar surface area (TPSA) is 79.0 Å². The minimum atomic E-state index is -0.494. The molecule has 1 aliphatic carbocycles. The number of methoxy groups -OCH3 is 1. The van der Waals surface area contributed by atoms with Crippen molar-refractivity contribution in [1.82, 2.24) is 15.5 Å². The smallest absolute Gasteiger partial charge is 0.235 e. The summed E-state index contributed by atoms with van der Waals surface area (Å²) >= 11 is 0. The van der Waals surface area contributed by atoms with E-state index in [0.717, 1.165) is 70.7 Å². The first-order valence-corrected chi connectivity index (χ1v) is 11.5. The van der Waals surface area contributed by atoms with Crippen molar-refractivity contribution in [2.75, 3.05) is 19.0 Å². The molecule has 0 saturated heterocycles. The van der Waals surface area contributed by atoms with Crippen molar-refractivity contribution in [2.24, 2.45) is 0 Å². The first-order valence-electron chi connectivity index (χ1n) is 11.5. The zero-order valence-electron chi connectivity index (χ0n) is 18.4. The number of carbonyl (C=O) groups is 1. The van der Waals surface area contributed by atoms with Gasteiger partial charge in [0.15, 0.2) is 0 Å². The molecule has 1 spiro atoms. The highest BCUT2D eigenvalue weighted by Crippen LogP contribution is 2.65. The second-order valence-electron chi connectivity index (χ2n) is 9.38. The zero-order chi connectivity index (χ0) is 22.2. The van der Waals surface area contributed by atoms with Crippen molar-refractivity contribution in [3.05, 3.63) is 76.9 Å². The summed E-state index contributed by atoms with van der Waals surface area (Å²) in [6.07, 6.45) is 1.88. The van der Waals surface area contributed by atoms with E-state index in [1.54, 1.807) is 7.11 Å². The predicted molar refractivity (Wildman–Crippen MR) is 128 cm³/mol. The summed E-state index contributed by atoms with van der Waals surface area (Å²) < 4.78 is 5.42. The van der Waals surface area contributed by atoms with Crippen LogP contribution < -0.4 is 15.4 Å². The van der Waals surface area contributed by atoms with E-state index in [1.165, 1.54) is 11.1 Å². The van der Waals surface area contributed by atoms with Crippen LogP contribution in [0, 0.1) is 0 Å². The van der Waals surface area contributed by atoms with E-state index < -0.39 is 5.41 Å². The van der Waals surface area contributed by atoms with Gasteiger partial charge in [-0.2, -0.15) is 5.10 Å². The molecule has 2 atom stereocenters. The molecule has 3 heterocycles. The SMILES string of the molecule is COc1ccc2c(c1)C1(CC1c1ccc3c(-c4ccc5c(c4)CNCC5)n[nH]c3c1)C(=O)N2. The number of benzene rings is 3. The molecule has 6 nitrogen and oxygen atoms in total. The van der Waals surface area contributed by atoms with E-state index in [9.17, 15) is 4.79 Å². The van der Waals surface area contributed by atoms with Gasteiger partial charge in [0.25, 0.3) is 0 Å². The molecule has 4 aromatic rings. The number of H-pyrrole nitrogens is 1. The van der Waals surface area contributed by atoms with Crippen molar-refractivity contribution in [2.45, 2.75) is 30.7 Å². The first-order chi connectivity index (χ1) is 16.2. The van der Waals surface area contributed by atoms with E-state index in [-0.39, 0.29) is 11.8 Å². The Balaban J connectivity index is 1.25. The van der Waals surface area contributed by atoms with Crippen LogP contribution in [0.2, 0.25) is 0 Å². The van der Waals surface area contributed by atoms with Gasteiger partial charge in [-0.15, -0.1) is 0 Å². The molecule has 1 fully saturated rings. The van der Waals surface area contributed by atoms with Crippen molar-refractivity contribution in [3.63, 3.8) is 0 Å². The Bertz CT molecular complexity index is 1460. The fraction of sp³-hybridized carbons (Fsp3) is 0.259. The number of rotatable bonds is 3. The number of anilines is 1. The van der Waals surface area contributed by atoms with E-state index >= 15 is 0 Å². The number of amides is 1. The van der Waals surface area contributed by atoms with Crippen LogP contribution in [0.25, 0.3) is 22.2 Å². The largest absolute Gasteiger partial charge is 0.497 e. The third-order valence-corrected chi connectivity index (χ3v) is 7.68. The molecule has 3 aromatic carbocycles. The number of hydrogen-bond donors (Lipinski definition) is 3. The number of hydrogen-bond acceptors (Lipinski definition) is 4. The van der Waals surface area contributed by atoms with Gasteiger partial charge in [-0.3, -0.25) is 9.89 Å². The second kappa shape index (κ2) is 6.68. The maximum Gasteiger partial charge on any atom is 0.235 e. The highest BCUT2D eigenvalue weighted by Gasteiger charge is 2.65. The van der Waals surface area contributed by atoms with Gasteiger partial charge in [0.05, 0.1) is 23.7 Å². The van der Waals surface area contributed by atoms with Crippen molar-refractivity contribution >= 4 is 22.5 Å². The van der Waals surface area contributed by atoms with E-state index in [0.29, 0.717) is 0 Å². The minimum Gasteiger partial charge on any atom is -0.497 e. The molecule has 1 saturated carbocycles. The van der Waals surface area contributed by atoms with Gasteiger partial charge in [0.2, 0.25) is 5.91 Å². The number of ether oxygens (including phenoxy) is 1. The van der Waals surface area contributed by atoms with Crippen molar-refractivity contribution < 1.29 is 9.53 Å². The van der Waals surface area contributed by atoms with Crippen LogP contribution in [0.4, 0.5) is 5.69 Å². The quantitative estimate of drug-likeness (QED) is 0.448. The van der Waals surface area contributed by atoms with Gasteiger partial charge in [-0.1, -0.05) is 24.3 Å². The zero-order valence-corrected chi connectivity index (χ0v) is 18.4. The Morgan fingerprint density at radius 2 is 2.00 bits per heavy atom. The van der Waals surface area contributed by atoms with Gasteiger partial charge in [-0.05, 0) is 72.0 Å². The molecular formula is C27H24N4O2. The molecule has 6 heteroatoms. The molecule has 1 amide bonds. The molecule has 3 aliphatic rings. The molecular weight excluding hydrogens is 412 g/mol. The highest BCUT2D eigenvalue weighted by molar-refractivity contribution is 6.10. The Hall–Kier alpha value is -3.64. The molecule has 0 bridgehead atoms. The molecule has 33 heavy (non-hydrogen) atoms. The lowest BCUT2D eigenvalue weighted by Gasteiger charge is -2.17. The van der Waals surface area contributed by atoms with E-state index in [1.807, 2.05) is 18.2 Å². The molecule has 164 valence electrons. The number of aromatic amines is 1. The Labute approximate surface area is 191 Å². The Morgan fingerprint density at radius 3 is 2.91 bits per heavy atom. The lowest BCUT2D eigenvalue weighted by molar-refractivity contribution is -0.118. The maximum absolute atomic E-state index is 13.0. The monoisotopic (exact) mass is 436 g/mol. The summed E-state index contributed by atoms with van der Waals surface area (Å²) in [4.78, 5) is 13.0. The minimum absolute atomic E-state index is 0.0869. The van der Waals surface area contributed by atoms with Gasteiger partial charge < -0.3 is 15.4 Å². The molecule has 2 aliphatic heterocycles. The average molecular weight is 437 g/mol. The number of fused-ring (bicyclic) bond motifs is 4. The van der Waals surface area contributed by atoms with Crippen LogP contribution in [0.3, 0.4) is 0 Å². The van der Waals surface area contributed by atoms with Crippen LogP contribution in [-0.4, -0.2) is 29.8 Å². The summed E-state index contributed by atoms with van der Waals surface area (Å²) in [5.74, 6) is 1.02. The number of aromatic nitrogens is 2. The first kappa shape index (κ1) is 18.9. The standard InChI is InChI=1S/C27H24N4O2/c1-33-19-5-7-23-21(12-19)27(26(32)29-23)13-22(27)16-4-6-20-24(11-16)30-31-25(20)17-3-2-15-8-9-28-14-18(15)10-17/h2-7,10-12,22,28H,8-9,13-14H2,1H3,(H,29,32)(H,30,31). The molecule has 1 aromatic heterocycles. The fourth-order valence-corrected chi connectivity index (χ4v) is 5.80. The summed E-state index contributed by atoms with van der Waals surface area (Å²) in [5, 5.41) is 15.5. The van der Waals surface area contributed by atoms with Crippen LogP contribution in [0.5, 0.6) is 5.75 Å². The van der Waals surface area contributed by atoms with Crippen LogP contribution in [-0.2, 0) is 23.2 Å². The normalized spacial score (nSPS) is 22.8. The average Bonchev–Trinajstić information content (AvgIpc) is 3.38. The lowest BCUT2D eigenvalue weighted by atomic mass is 9.91. The lowest BCUT2D eigenvalue weighted by Crippen LogP contribution is -2.23. The molecule has 0 radical (unpaired) electrons. The third-order valence-electron chi connectivity index (χ3n) is 7.68. The number of carbonyl (C=O) groups excluding carboxylic acids is 1. The van der Waals surface area contributed by atoms with Crippen LogP contribution in [0.15, 0.2) is 54.6 Å². The fourth-order valence-electron chi connectivity index (χ4n) is 5.80. The predicted octanol–water partition coefficient (Wildman–Crippen LogP) is 4.26. The van der Waals surface area contributed by atoms with Crippen LogP contribution in [0.1, 0.15) is 34.6 Å². The van der Waals surface area contributed by atoms with Gasteiger partial charge in [0, 0.05) is 29.1 Å². The van der Waals surface area contributed by atoms with E-state index in [4.69, 9.17) is 4.74 Å². The maximum atomic E-state index is 13.0. The van der Waals surface area contributed by atoms with E-state index in [2.05, 4.69) is 57.2 Å². The summed E-state index contributed by atoms with van der Waals surface area (Å²) in [7, 11) is 1.66. The molecule has 2 unspecified atom stereocenters. The molecule has 7 rings (SSSR count). The summed E-state index contributed by atoms with van der Waals surface area (Å²) in [6, 6.07) is 19.0.